The number of hydrogen-bond donors (Lipinski definition) is 0. The monoisotopic (exact) mass is 634 g/mol. The fraction of sp³-hybridized carbons (Fsp3) is 0. The average molecular weight is 635 g/mol. The zero-order valence-corrected chi connectivity index (χ0v) is 27.7. The zero-order valence-electron chi connectivity index (χ0n) is 27.7. The van der Waals surface area contributed by atoms with Crippen LogP contribution in [0.3, 0.4) is 0 Å². The van der Waals surface area contributed by atoms with Crippen LogP contribution in [0.15, 0.2) is 183 Å². The van der Waals surface area contributed by atoms with E-state index in [1.165, 1.54) is 76.5 Å². The Bertz CT molecular complexity index is 2760. The highest BCUT2D eigenvalue weighted by Crippen LogP contribution is 2.45. The van der Waals surface area contributed by atoms with E-state index < -0.39 is 0 Å². The largest absolute Gasteiger partial charge is 0.0984 e. The third-order valence-electron chi connectivity index (χ3n) is 10.2. The van der Waals surface area contributed by atoms with Gasteiger partial charge in [-0.05, 0) is 111 Å². The molecule has 0 bridgehead atoms. The smallest absolute Gasteiger partial charge is 0.00264 e. The topological polar surface area (TPSA) is 0 Å². The Morgan fingerprint density at radius 3 is 1.52 bits per heavy atom. The van der Waals surface area contributed by atoms with Crippen LogP contribution < -0.4 is 0 Å². The predicted molar refractivity (Wildman–Crippen MR) is 218 cm³/mol. The summed E-state index contributed by atoms with van der Waals surface area (Å²) in [5.41, 5.74) is 11.7. The summed E-state index contributed by atoms with van der Waals surface area (Å²) in [5, 5.41) is 10.0. The quantitative estimate of drug-likeness (QED) is 0.160. The molecule has 0 heterocycles. The molecule has 0 saturated heterocycles. The molecule has 0 radical (unpaired) electrons. The summed E-state index contributed by atoms with van der Waals surface area (Å²) in [4.78, 5) is 0. The van der Waals surface area contributed by atoms with E-state index in [2.05, 4.69) is 183 Å². The van der Waals surface area contributed by atoms with Crippen molar-refractivity contribution in [3.05, 3.63) is 194 Å². The molecule has 0 aliphatic carbocycles. The van der Waals surface area contributed by atoms with Crippen molar-refractivity contribution < 1.29 is 0 Å². The van der Waals surface area contributed by atoms with E-state index in [1.807, 2.05) is 12.2 Å². The maximum absolute atomic E-state index is 4.35. The molecule has 9 rings (SSSR count). The molecule has 0 spiro atoms. The first-order valence-electron chi connectivity index (χ1n) is 17.2. The van der Waals surface area contributed by atoms with Crippen LogP contribution in [0.2, 0.25) is 0 Å². The second-order valence-electron chi connectivity index (χ2n) is 12.9. The third-order valence-corrected chi connectivity index (χ3v) is 10.2. The Morgan fingerprint density at radius 1 is 0.320 bits per heavy atom. The molecule has 0 aliphatic heterocycles. The molecule has 0 nitrogen and oxygen atoms in total. The molecule has 50 heavy (non-hydrogen) atoms. The second-order valence-corrected chi connectivity index (χ2v) is 12.9. The van der Waals surface area contributed by atoms with Gasteiger partial charge in [0.05, 0.1) is 0 Å². The van der Waals surface area contributed by atoms with Crippen molar-refractivity contribution >= 4 is 55.2 Å². The Kier molecular flexibility index (Phi) is 7.22. The zero-order chi connectivity index (χ0) is 33.6. The van der Waals surface area contributed by atoms with Crippen LogP contribution in [0.25, 0.3) is 99.7 Å². The van der Waals surface area contributed by atoms with Crippen LogP contribution in [0.5, 0.6) is 0 Å². The normalized spacial score (nSPS) is 11.4. The van der Waals surface area contributed by atoms with Gasteiger partial charge in [0.15, 0.2) is 0 Å². The van der Waals surface area contributed by atoms with E-state index in [0.29, 0.717) is 0 Å². The highest BCUT2D eigenvalue weighted by atomic mass is 14.2. The van der Waals surface area contributed by atoms with Crippen molar-refractivity contribution in [2.45, 2.75) is 0 Å². The molecule has 9 aromatic rings. The molecular weight excluding hydrogens is 601 g/mol. The fourth-order valence-corrected chi connectivity index (χ4v) is 7.94. The molecule has 9 aromatic carbocycles. The van der Waals surface area contributed by atoms with Gasteiger partial charge >= 0.3 is 0 Å². The maximum Gasteiger partial charge on any atom is -0.00264 e. The van der Waals surface area contributed by atoms with Gasteiger partial charge in [-0.1, -0.05) is 183 Å². The third kappa shape index (κ3) is 4.77. The number of fused-ring (bicyclic) bond motifs is 6. The van der Waals surface area contributed by atoms with E-state index in [-0.39, 0.29) is 0 Å². The van der Waals surface area contributed by atoms with Crippen LogP contribution in [-0.4, -0.2) is 0 Å². The minimum Gasteiger partial charge on any atom is -0.0984 e. The summed E-state index contributed by atoms with van der Waals surface area (Å²) in [6, 6.07) is 61.6. The van der Waals surface area contributed by atoms with Crippen molar-refractivity contribution in [3.63, 3.8) is 0 Å². The minimum atomic E-state index is 1.09. The number of rotatable bonds is 6. The van der Waals surface area contributed by atoms with Gasteiger partial charge in [0.2, 0.25) is 0 Å². The summed E-state index contributed by atoms with van der Waals surface area (Å²) < 4.78 is 0. The SMILES string of the molecule is C=Cc1c(C=C)c(-c2cccc(-c3cc4ccc5ccccc5c4c4ccccc34)c2)c2ccccc2c1-c1ccc(-c2ccccc2)cc1. The summed E-state index contributed by atoms with van der Waals surface area (Å²) in [6.07, 6.45) is 4.00. The van der Waals surface area contributed by atoms with Crippen LogP contribution in [0.4, 0.5) is 0 Å². The van der Waals surface area contributed by atoms with Gasteiger partial charge in [0, 0.05) is 0 Å². The highest BCUT2D eigenvalue weighted by molar-refractivity contribution is 6.23. The molecule has 234 valence electrons. The van der Waals surface area contributed by atoms with Crippen molar-refractivity contribution in [1.82, 2.24) is 0 Å². The van der Waals surface area contributed by atoms with Crippen LogP contribution in [0.1, 0.15) is 11.1 Å². The van der Waals surface area contributed by atoms with Crippen molar-refractivity contribution in [2.24, 2.45) is 0 Å². The first-order chi connectivity index (χ1) is 24.7. The summed E-state index contributed by atoms with van der Waals surface area (Å²) in [5.74, 6) is 0. The van der Waals surface area contributed by atoms with Gasteiger partial charge in [-0.3, -0.25) is 0 Å². The Labute approximate surface area is 292 Å². The maximum atomic E-state index is 4.35. The van der Waals surface area contributed by atoms with Crippen molar-refractivity contribution in [1.29, 1.82) is 0 Å². The number of hydrogen-bond acceptors (Lipinski definition) is 0. The van der Waals surface area contributed by atoms with Gasteiger partial charge in [0.1, 0.15) is 0 Å². The standard InChI is InChI=1S/C50H34/c1-3-40-41(4-2)49(46-24-13-12-23-45(46)48(40)36-28-25-34(26-29-36)33-15-6-5-7-16-33)38-19-14-18-37(31-38)47-32-39-30-27-35-17-8-9-20-42(35)50(39)44-22-11-10-21-43(44)47/h3-32H,1-2H2. The molecule has 0 N–H and O–H groups in total. The van der Waals surface area contributed by atoms with Gasteiger partial charge < -0.3 is 0 Å². The predicted octanol–water partition coefficient (Wildman–Crippen LogP) is 14.3. The first-order valence-corrected chi connectivity index (χ1v) is 17.2. The lowest BCUT2D eigenvalue weighted by atomic mass is 9.82. The lowest BCUT2D eigenvalue weighted by molar-refractivity contribution is 1.57. The highest BCUT2D eigenvalue weighted by Gasteiger charge is 2.20. The van der Waals surface area contributed by atoms with Crippen molar-refractivity contribution in [2.75, 3.05) is 0 Å². The molecule has 0 saturated carbocycles. The second kappa shape index (κ2) is 12.2. The van der Waals surface area contributed by atoms with E-state index in [1.54, 1.807) is 0 Å². The van der Waals surface area contributed by atoms with Crippen molar-refractivity contribution in [3.8, 4) is 44.5 Å². The average Bonchev–Trinajstić information content (AvgIpc) is 3.19. The minimum absolute atomic E-state index is 1.09. The van der Waals surface area contributed by atoms with E-state index in [9.17, 15) is 0 Å². The first kappa shape index (κ1) is 29.6. The lowest BCUT2D eigenvalue weighted by Gasteiger charge is -2.21. The summed E-state index contributed by atoms with van der Waals surface area (Å²) in [7, 11) is 0. The Hall–Kier alpha value is -6.50. The summed E-state index contributed by atoms with van der Waals surface area (Å²) in [6.45, 7) is 8.69. The Balaban J connectivity index is 1.25. The lowest BCUT2D eigenvalue weighted by Crippen LogP contribution is -1.96. The molecule has 0 aromatic heterocycles. The molecule has 0 unspecified atom stereocenters. The molecular formula is C50H34. The van der Waals surface area contributed by atoms with E-state index in [0.717, 1.165) is 22.3 Å². The molecule has 0 heteroatoms. The summed E-state index contributed by atoms with van der Waals surface area (Å²) >= 11 is 0. The van der Waals surface area contributed by atoms with Crippen LogP contribution in [-0.2, 0) is 0 Å². The van der Waals surface area contributed by atoms with E-state index >= 15 is 0 Å². The van der Waals surface area contributed by atoms with Gasteiger partial charge in [0.25, 0.3) is 0 Å². The number of benzene rings is 9. The van der Waals surface area contributed by atoms with E-state index in [4.69, 9.17) is 0 Å². The molecule has 0 fully saturated rings. The molecule has 0 aliphatic rings. The van der Waals surface area contributed by atoms with Crippen LogP contribution >= 0.6 is 0 Å². The van der Waals surface area contributed by atoms with Gasteiger partial charge in [-0.15, -0.1) is 0 Å². The molecule has 0 atom stereocenters. The van der Waals surface area contributed by atoms with Crippen LogP contribution in [0, 0.1) is 0 Å². The fourth-order valence-electron chi connectivity index (χ4n) is 7.94. The van der Waals surface area contributed by atoms with Gasteiger partial charge in [-0.2, -0.15) is 0 Å². The Morgan fingerprint density at radius 2 is 0.820 bits per heavy atom. The van der Waals surface area contributed by atoms with Gasteiger partial charge in [-0.25, -0.2) is 0 Å². The molecule has 0 amide bonds.